The van der Waals surface area contributed by atoms with E-state index in [1.54, 1.807) is 6.20 Å². The van der Waals surface area contributed by atoms with Gasteiger partial charge in [0.25, 0.3) is 0 Å². The molecule has 0 bridgehead atoms. The summed E-state index contributed by atoms with van der Waals surface area (Å²) in [5, 5.41) is 2.83. The van der Waals surface area contributed by atoms with Crippen molar-refractivity contribution in [2.45, 2.75) is 44.6 Å². The quantitative estimate of drug-likeness (QED) is 0.291. The van der Waals surface area contributed by atoms with Gasteiger partial charge in [0, 0.05) is 49.2 Å². The van der Waals surface area contributed by atoms with Crippen molar-refractivity contribution >= 4 is 35.0 Å². The van der Waals surface area contributed by atoms with E-state index in [9.17, 15) is 14.4 Å². The van der Waals surface area contributed by atoms with Gasteiger partial charge in [-0.25, -0.2) is 19.7 Å². The molecule has 2 saturated carbocycles. The van der Waals surface area contributed by atoms with E-state index in [0.717, 1.165) is 29.0 Å². The number of pyridine rings is 1. The number of fused-ring (bicyclic) bond motifs is 1. The smallest absolute Gasteiger partial charge is 0.331 e. The number of methoxy groups -OCH3 is 1. The first-order valence-electron chi connectivity index (χ1n) is 14.0. The fourth-order valence-electron chi connectivity index (χ4n) is 5.26. The summed E-state index contributed by atoms with van der Waals surface area (Å²) in [6.07, 6.45) is 8.36. The minimum Gasteiger partial charge on any atom is -0.471 e. The summed E-state index contributed by atoms with van der Waals surface area (Å²) in [6.45, 7) is 1.91. The zero-order valence-electron chi connectivity index (χ0n) is 23.9. The third-order valence-electron chi connectivity index (χ3n) is 7.88. The third-order valence-corrected chi connectivity index (χ3v) is 7.88. The molecule has 2 atom stereocenters. The standard InChI is InChI=1S/C29H29N9O5/c1-15-6-7-30-25(31-15)19-9-20(19)27(40)33-22-10-23(35-28(34-22)42-3)43-14-18-12-37-11-17(16-4-5-16)8-21(26(37)32-18)38-13-24(39)36(2)29(38)41/h6-8,10-12,16,19-20H,4-5,9,13-14H2,1-3H3,(H,33,34,35,40)/t19-,20-/m0/s1. The molecule has 4 aromatic heterocycles. The number of carbonyl (C=O) groups excluding carboxylic acids is 3. The molecule has 0 spiro atoms. The van der Waals surface area contributed by atoms with E-state index in [4.69, 9.17) is 14.5 Å². The highest BCUT2D eigenvalue weighted by Crippen LogP contribution is 2.46. The van der Waals surface area contributed by atoms with E-state index in [1.807, 2.05) is 35.9 Å². The normalized spacial score (nSPS) is 19.7. The van der Waals surface area contributed by atoms with Gasteiger partial charge in [0.05, 0.1) is 18.5 Å². The number of likely N-dealkylation sites (N-methyl/N-ethyl adjacent to an activating group) is 1. The number of hydrogen-bond donors (Lipinski definition) is 1. The summed E-state index contributed by atoms with van der Waals surface area (Å²) in [5.41, 5.74) is 3.67. The zero-order valence-corrected chi connectivity index (χ0v) is 23.9. The first-order chi connectivity index (χ1) is 20.8. The van der Waals surface area contributed by atoms with Crippen LogP contribution in [0.15, 0.2) is 36.8 Å². The Morgan fingerprint density at radius 3 is 2.67 bits per heavy atom. The van der Waals surface area contributed by atoms with Crippen LogP contribution in [0.1, 0.15) is 53.9 Å². The highest BCUT2D eigenvalue weighted by atomic mass is 16.5. The summed E-state index contributed by atoms with van der Waals surface area (Å²) in [7, 11) is 2.91. The molecule has 14 nitrogen and oxygen atoms in total. The van der Waals surface area contributed by atoms with Gasteiger partial charge in [0.15, 0.2) is 5.65 Å². The maximum atomic E-state index is 12.9. The van der Waals surface area contributed by atoms with Gasteiger partial charge >= 0.3 is 12.0 Å². The number of amides is 4. The second kappa shape index (κ2) is 10.3. The Morgan fingerprint density at radius 1 is 1.12 bits per heavy atom. The number of ether oxygens (including phenoxy) is 2. The fourth-order valence-corrected chi connectivity index (χ4v) is 5.26. The van der Waals surface area contributed by atoms with E-state index in [2.05, 4.69) is 25.3 Å². The lowest BCUT2D eigenvalue weighted by Crippen LogP contribution is -2.30. The minimum atomic E-state index is -0.382. The van der Waals surface area contributed by atoms with Crippen LogP contribution >= 0.6 is 0 Å². The zero-order chi connectivity index (χ0) is 29.8. The van der Waals surface area contributed by atoms with Crippen LogP contribution < -0.4 is 19.7 Å². The number of anilines is 2. The number of aromatic nitrogens is 6. The average Bonchev–Trinajstić information content (AvgIpc) is 3.93. The second-order valence-electron chi connectivity index (χ2n) is 11.1. The maximum Gasteiger partial charge on any atom is 0.331 e. The fraction of sp³-hybridized carbons (Fsp3) is 0.379. The molecule has 1 saturated heterocycles. The van der Waals surface area contributed by atoms with Gasteiger partial charge in [-0.15, -0.1) is 0 Å². The van der Waals surface area contributed by atoms with Gasteiger partial charge in [0.2, 0.25) is 17.7 Å². The van der Waals surface area contributed by atoms with Crippen LogP contribution in [0.2, 0.25) is 0 Å². The van der Waals surface area contributed by atoms with Gasteiger partial charge < -0.3 is 19.2 Å². The van der Waals surface area contributed by atoms with E-state index in [-0.39, 0.29) is 60.5 Å². The van der Waals surface area contributed by atoms with Crippen LogP contribution in [0, 0.1) is 12.8 Å². The van der Waals surface area contributed by atoms with Crippen LogP contribution in [0.3, 0.4) is 0 Å². The molecule has 3 fully saturated rings. The molecular weight excluding hydrogens is 554 g/mol. The molecular formula is C29H29N9O5. The number of imide groups is 1. The van der Waals surface area contributed by atoms with Crippen LogP contribution in [0.5, 0.6) is 11.9 Å². The lowest BCUT2D eigenvalue weighted by molar-refractivity contribution is -0.124. The van der Waals surface area contributed by atoms with E-state index < -0.39 is 0 Å². The maximum absolute atomic E-state index is 12.9. The summed E-state index contributed by atoms with van der Waals surface area (Å²) in [4.78, 5) is 62.5. The van der Waals surface area contributed by atoms with E-state index in [1.165, 1.54) is 25.1 Å². The number of urea groups is 1. The Labute approximate surface area is 246 Å². The minimum absolute atomic E-state index is 0.0332. The molecule has 4 aromatic rings. The predicted molar refractivity (Wildman–Crippen MR) is 152 cm³/mol. The highest BCUT2D eigenvalue weighted by Gasteiger charge is 2.46. The number of imidazole rings is 1. The molecule has 1 aliphatic heterocycles. The van der Waals surface area contributed by atoms with Crippen LogP contribution in [0.4, 0.5) is 16.3 Å². The van der Waals surface area contributed by atoms with Crippen molar-refractivity contribution in [2.24, 2.45) is 5.92 Å². The predicted octanol–water partition coefficient (Wildman–Crippen LogP) is 2.83. The van der Waals surface area contributed by atoms with Crippen molar-refractivity contribution in [3.05, 3.63) is 59.6 Å². The summed E-state index contributed by atoms with van der Waals surface area (Å²) >= 11 is 0. The molecule has 0 unspecified atom stereocenters. The lowest BCUT2D eigenvalue weighted by atomic mass is 10.1. The van der Waals surface area contributed by atoms with E-state index >= 15 is 0 Å². The molecule has 0 radical (unpaired) electrons. The Morgan fingerprint density at radius 2 is 1.95 bits per heavy atom. The van der Waals surface area contributed by atoms with Crippen molar-refractivity contribution in [3.8, 4) is 11.9 Å². The average molecular weight is 584 g/mol. The van der Waals surface area contributed by atoms with Gasteiger partial charge in [-0.2, -0.15) is 9.97 Å². The number of carbonyl (C=O) groups is 3. The third kappa shape index (κ3) is 5.19. The Hall–Kier alpha value is -5.14. The molecule has 7 rings (SSSR count). The topological polar surface area (TPSA) is 157 Å². The van der Waals surface area contributed by atoms with Gasteiger partial charge in [-0.05, 0) is 49.8 Å². The van der Waals surface area contributed by atoms with E-state index in [0.29, 0.717) is 35.2 Å². The number of hydrogen-bond acceptors (Lipinski definition) is 10. The van der Waals surface area contributed by atoms with Crippen molar-refractivity contribution in [3.63, 3.8) is 0 Å². The monoisotopic (exact) mass is 583 g/mol. The highest BCUT2D eigenvalue weighted by molar-refractivity contribution is 6.13. The van der Waals surface area contributed by atoms with Crippen LogP contribution in [-0.2, 0) is 16.2 Å². The summed E-state index contributed by atoms with van der Waals surface area (Å²) in [6, 6.07) is 4.95. The van der Waals surface area contributed by atoms with Crippen molar-refractivity contribution in [1.29, 1.82) is 0 Å². The lowest BCUT2D eigenvalue weighted by Gasteiger charge is -2.17. The second-order valence-corrected chi connectivity index (χ2v) is 11.1. The largest absolute Gasteiger partial charge is 0.471 e. The summed E-state index contributed by atoms with van der Waals surface area (Å²) < 4.78 is 13.1. The number of aryl methyl sites for hydroxylation is 1. The SMILES string of the molecule is COc1nc(NC(=O)[C@H]2C[C@@H]2c2nccc(C)n2)cc(OCc2cn3cc(C4CC4)cc(N4CC(=O)N(C)C4=O)c3n2)n1. The molecule has 3 aliphatic rings. The Bertz CT molecular complexity index is 1790. The molecule has 4 amide bonds. The number of nitrogens with zero attached hydrogens (tertiary/aromatic N) is 8. The summed E-state index contributed by atoms with van der Waals surface area (Å²) in [5.74, 6) is 0.778. The molecule has 220 valence electrons. The molecule has 0 aromatic carbocycles. The molecule has 2 aliphatic carbocycles. The van der Waals surface area contributed by atoms with Crippen molar-refractivity contribution in [2.75, 3.05) is 30.9 Å². The first kappa shape index (κ1) is 26.7. The van der Waals surface area contributed by atoms with Crippen LogP contribution in [0.25, 0.3) is 5.65 Å². The molecule has 5 heterocycles. The Balaban J connectivity index is 1.09. The first-order valence-corrected chi connectivity index (χ1v) is 14.0. The number of nitrogens with one attached hydrogen (secondary N) is 1. The van der Waals surface area contributed by atoms with Gasteiger partial charge in [0.1, 0.15) is 24.8 Å². The molecule has 14 heteroatoms. The molecule has 1 N–H and O–H groups in total. The molecule has 43 heavy (non-hydrogen) atoms. The number of rotatable bonds is 9. The van der Waals surface area contributed by atoms with Crippen molar-refractivity contribution < 1.29 is 23.9 Å². The van der Waals surface area contributed by atoms with Gasteiger partial charge in [-0.1, -0.05) is 0 Å². The Kier molecular flexibility index (Phi) is 6.40. The van der Waals surface area contributed by atoms with Gasteiger partial charge in [-0.3, -0.25) is 19.4 Å². The van der Waals surface area contributed by atoms with Crippen molar-refractivity contribution in [1.82, 2.24) is 34.2 Å². The van der Waals surface area contributed by atoms with Crippen LogP contribution in [-0.4, -0.2) is 72.8 Å².